The van der Waals surface area contributed by atoms with Gasteiger partial charge in [-0.1, -0.05) is 12.1 Å². The zero-order valence-corrected chi connectivity index (χ0v) is 14.2. The summed E-state index contributed by atoms with van der Waals surface area (Å²) < 4.78 is 5.45. The topological polar surface area (TPSA) is 80.4 Å². The highest BCUT2D eigenvalue weighted by molar-refractivity contribution is 5.32. The van der Waals surface area contributed by atoms with Gasteiger partial charge < -0.3 is 15.4 Å². The maximum atomic E-state index is 5.75. The SMILES string of the molecule is CCOc1ccc(CN(C)Cc2nc(N)nc(N(C)C)n2)cc1. The number of hydrogen-bond donors (Lipinski definition) is 1. The summed E-state index contributed by atoms with van der Waals surface area (Å²) in [5.74, 6) is 2.37. The van der Waals surface area contributed by atoms with Crippen LogP contribution in [-0.4, -0.2) is 47.6 Å². The number of hydrogen-bond acceptors (Lipinski definition) is 7. The molecule has 2 aromatic rings. The smallest absolute Gasteiger partial charge is 0.229 e. The van der Waals surface area contributed by atoms with Crippen LogP contribution in [0.1, 0.15) is 18.3 Å². The van der Waals surface area contributed by atoms with Gasteiger partial charge in [-0.05, 0) is 31.7 Å². The average Bonchev–Trinajstić information content (AvgIpc) is 2.48. The molecule has 1 heterocycles. The van der Waals surface area contributed by atoms with E-state index in [1.807, 2.05) is 45.1 Å². The zero-order chi connectivity index (χ0) is 16.8. The van der Waals surface area contributed by atoms with E-state index in [-0.39, 0.29) is 5.95 Å². The van der Waals surface area contributed by atoms with Crippen molar-refractivity contribution in [3.05, 3.63) is 35.7 Å². The number of ether oxygens (including phenoxy) is 1. The first kappa shape index (κ1) is 17.0. The highest BCUT2D eigenvalue weighted by Gasteiger charge is 2.09. The molecule has 0 unspecified atom stereocenters. The van der Waals surface area contributed by atoms with Crippen molar-refractivity contribution in [1.29, 1.82) is 0 Å². The van der Waals surface area contributed by atoms with Gasteiger partial charge >= 0.3 is 0 Å². The van der Waals surface area contributed by atoms with E-state index in [1.54, 1.807) is 0 Å². The molecular weight excluding hydrogens is 292 g/mol. The molecule has 0 aliphatic rings. The first-order chi connectivity index (χ1) is 11.0. The van der Waals surface area contributed by atoms with E-state index in [0.29, 0.717) is 24.9 Å². The molecule has 7 nitrogen and oxygen atoms in total. The van der Waals surface area contributed by atoms with Crippen molar-refractivity contribution in [3.8, 4) is 5.75 Å². The van der Waals surface area contributed by atoms with Crippen molar-refractivity contribution in [2.75, 3.05) is 38.4 Å². The molecule has 0 bridgehead atoms. The summed E-state index contributed by atoms with van der Waals surface area (Å²) in [5, 5.41) is 0. The first-order valence-electron chi connectivity index (χ1n) is 7.56. The number of nitrogens with two attached hydrogens (primary N) is 1. The van der Waals surface area contributed by atoms with E-state index in [2.05, 4.69) is 32.0 Å². The van der Waals surface area contributed by atoms with E-state index < -0.39 is 0 Å². The van der Waals surface area contributed by atoms with Crippen molar-refractivity contribution >= 4 is 11.9 Å². The summed E-state index contributed by atoms with van der Waals surface area (Å²) in [7, 11) is 5.77. The quantitative estimate of drug-likeness (QED) is 0.830. The van der Waals surface area contributed by atoms with Crippen LogP contribution in [0.15, 0.2) is 24.3 Å². The summed E-state index contributed by atoms with van der Waals surface area (Å²) in [6.45, 7) is 4.04. The van der Waals surface area contributed by atoms with Gasteiger partial charge in [0.2, 0.25) is 11.9 Å². The molecular formula is C16H24N6O. The molecule has 0 aliphatic carbocycles. The fraction of sp³-hybridized carbons (Fsp3) is 0.438. The molecule has 0 radical (unpaired) electrons. The van der Waals surface area contributed by atoms with Gasteiger partial charge in [0.15, 0.2) is 0 Å². The van der Waals surface area contributed by atoms with Crippen LogP contribution in [0.4, 0.5) is 11.9 Å². The lowest BCUT2D eigenvalue weighted by molar-refractivity contribution is 0.309. The predicted octanol–water partition coefficient (Wildman–Crippen LogP) is 1.55. The molecule has 23 heavy (non-hydrogen) atoms. The minimum atomic E-state index is 0.244. The Labute approximate surface area is 137 Å². The summed E-state index contributed by atoms with van der Waals surface area (Å²) in [6, 6.07) is 8.10. The molecule has 0 atom stereocenters. The van der Waals surface area contributed by atoms with E-state index >= 15 is 0 Å². The molecule has 0 amide bonds. The van der Waals surface area contributed by atoms with Crippen LogP contribution in [0.3, 0.4) is 0 Å². The largest absolute Gasteiger partial charge is 0.494 e. The molecule has 2 N–H and O–H groups in total. The van der Waals surface area contributed by atoms with Crippen LogP contribution < -0.4 is 15.4 Å². The van der Waals surface area contributed by atoms with Gasteiger partial charge in [0.1, 0.15) is 11.6 Å². The Bertz CT molecular complexity index is 629. The fourth-order valence-corrected chi connectivity index (χ4v) is 2.16. The maximum Gasteiger partial charge on any atom is 0.229 e. The summed E-state index contributed by atoms with van der Waals surface area (Å²) in [5.41, 5.74) is 6.95. The van der Waals surface area contributed by atoms with Gasteiger partial charge in [0.05, 0.1) is 13.2 Å². The maximum absolute atomic E-state index is 5.75. The van der Waals surface area contributed by atoms with Crippen LogP contribution in [0.2, 0.25) is 0 Å². The summed E-state index contributed by atoms with van der Waals surface area (Å²) in [6.07, 6.45) is 0. The third-order valence-electron chi connectivity index (χ3n) is 3.19. The fourth-order valence-electron chi connectivity index (χ4n) is 2.16. The Morgan fingerprint density at radius 1 is 1.00 bits per heavy atom. The normalized spacial score (nSPS) is 10.8. The Hall–Kier alpha value is -2.41. The summed E-state index contributed by atoms with van der Waals surface area (Å²) in [4.78, 5) is 16.7. The Balaban J connectivity index is 2.00. The van der Waals surface area contributed by atoms with E-state index in [4.69, 9.17) is 10.5 Å². The van der Waals surface area contributed by atoms with Gasteiger partial charge in [-0.2, -0.15) is 15.0 Å². The van der Waals surface area contributed by atoms with Crippen LogP contribution in [-0.2, 0) is 13.1 Å². The monoisotopic (exact) mass is 316 g/mol. The molecule has 0 fully saturated rings. The first-order valence-corrected chi connectivity index (χ1v) is 7.56. The molecule has 1 aromatic carbocycles. The zero-order valence-electron chi connectivity index (χ0n) is 14.2. The second-order valence-electron chi connectivity index (χ2n) is 5.55. The minimum Gasteiger partial charge on any atom is -0.494 e. The molecule has 2 rings (SSSR count). The van der Waals surface area contributed by atoms with Crippen LogP contribution in [0.5, 0.6) is 5.75 Å². The second kappa shape index (κ2) is 7.73. The van der Waals surface area contributed by atoms with Gasteiger partial charge in [-0.25, -0.2) is 0 Å². The van der Waals surface area contributed by atoms with Crippen molar-refractivity contribution < 1.29 is 4.74 Å². The Morgan fingerprint density at radius 2 is 1.70 bits per heavy atom. The number of benzene rings is 1. The predicted molar refractivity (Wildman–Crippen MR) is 91.3 cm³/mol. The van der Waals surface area contributed by atoms with E-state index in [1.165, 1.54) is 5.56 Å². The molecule has 0 saturated heterocycles. The third kappa shape index (κ3) is 5.07. The minimum absolute atomic E-state index is 0.244. The Kier molecular flexibility index (Phi) is 5.70. The van der Waals surface area contributed by atoms with Crippen molar-refractivity contribution in [1.82, 2.24) is 19.9 Å². The highest BCUT2D eigenvalue weighted by atomic mass is 16.5. The summed E-state index contributed by atoms with van der Waals surface area (Å²) >= 11 is 0. The van der Waals surface area contributed by atoms with Crippen molar-refractivity contribution in [2.45, 2.75) is 20.0 Å². The number of rotatable bonds is 7. The van der Waals surface area contributed by atoms with Gasteiger partial charge in [0.25, 0.3) is 0 Å². The molecule has 124 valence electrons. The van der Waals surface area contributed by atoms with Gasteiger partial charge in [-0.3, -0.25) is 4.90 Å². The van der Waals surface area contributed by atoms with E-state index in [0.717, 1.165) is 12.3 Å². The molecule has 0 saturated carbocycles. The number of nitrogen functional groups attached to an aromatic ring is 1. The van der Waals surface area contributed by atoms with Gasteiger partial charge in [-0.15, -0.1) is 0 Å². The number of anilines is 2. The lowest BCUT2D eigenvalue weighted by atomic mass is 10.2. The van der Waals surface area contributed by atoms with Crippen molar-refractivity contribution in [3.63, 3.8) is 0 Å². The lowest BCUT2D eigenvalue weighted by Crippen LogP contribution is -2.22. The number of aromatic nitrogens is 3. The average molecular weight is 316 g/mol. The van der Waals surface area contributed by atoms with Crippen molar-refractivity contribution in [2.24, 2.45) is 0 Å². The van der Waals surface area contributed by atoms with Crippen LogP contribution in [0.25, 0.3) is 0 Å². The second-order valence-corrected chi connectivity index (χ2v) is 5.55. The third-order valence-corrected chi connectivity index (χ3v) is 3.19. The molecule has 0 spiro atoms. The molecule has 1 aromatic heterocycles. The lowest BCUT2D eigenvalue weighted by Gasteiger charge is -2.17. The van der Waals surface area contributed by atoms with Crippen LogP contribution >= 0.6 is 0 Å². The Morgan fingerprint density at radius 3 is 2.30 bits per heavy atom. The van der Waals surface area contributed by atoms with E-state index in [9.17, 15) is 0 Å². The van der Waals surface area contributed by atoms with Crippen LogP contribution in [0, 0.1) is 0 Å². The number of nitrogens with zero attached hydrogens (tertiary/aromatic N) is 5. The molecule has 7 heteroatoms. The highest BCUT2D eigenvalue weighted by Crippen LogP contribution is 2.14. The molecule has 0 aliphatic heterocycles. The van der Waals surface area contributed by atoms with Gasteiger partial charge in [0, 0.05) is 20.6 Å². The standard InChI is InChI=1S/C16H24N6O/c1-5-23-13-8-6-12(7-9-13)10-22(4)11-14-18-15(17)20-16(19-14)21(2)3/h6-9H,5,10-11H2,1-4H3,(H2,17,18,19,20).